The number of anilines is 1. The molecular formula is C18H14BrF5N4O2. The average molecular weight is 493 g/mol. The fourth-order valence-electron chi connectivity index (χ4n) is 2.97. The van der Waals surface area contributed by atoms with Crippen LogP contribution in [-0.4, -0.2) is 29.2 Å². The number of alkyl halides is 3. The maximum absolute atomic E-state index is 14.5. The van der Waals surface area contributed by atoms with E-state index < -0.39 is 53.4 Å². The highest BCUT2D eigenvalue weighted by Crippen LogP contribution is 2.41. The van der Waals surface area contributed by atoms with Gasteiger partial charge in [-0.05, 0) is 41.1 Å². The molecule has 0 saturated carbocycles. The summed E-state index contributed by atoms with van der Waals surface area (Å²) in [5.41, 5.74) is 2.76. The van der Waals surface area contributed by atoms with E-state index in [1.54, 1.807) is 6.07 Å². The first-order chi connectivity index (χ1) is 13.9. The van der Waals surface area contributed by atoms with Crippen LogP contribution in [-0.2, 0) is 10.3 Å². The summed E-state index contributed by atoms with van der Waals surface area (Å²) >= 11 is 3.16. The summed E-state index contributed by atoms with van der Waals surface area (Å²) in [5, 5.41) is 2.34. The van der Waals surface area contributed by atoms with Gasteiger partial charge >= 0.3 is 6.18 Å². The number of carbonyl (C=O) groups is 1. The number of amidine groups is 1. The Hall–Kier alpha value is -2.76. The number of nitrogens with one attached hydrogen (secondary N) is 1. The Morgan fingerprint density at radius 1 is 1.33 bits per heavy atom. The molecule has 1 amide bonds. The van der Waals surface area contributed by atoms with Crippen molar-refractivity contribution in [3.05, 3.63) is 57.8 Å². The van der Waals surface area contributed by atoms with Crippen LogP contribution in [0.15, 0.2) is 39.9 Å². The summed E-state index contributed by atoms with van der Waals surface area (Å²) in [5.74, 6) is -3.51. The van der Waals surface area contributed by atoms with Gasteiger partial charge in [0.2, 0.25) is 0 Å². The van der Waals surface area contributed by atoms with Crippen LogP contribution in [0.3, 0.4) is 0 Å². The summed E-state index contributed by atoms with van der Waals surface area (Å²) in [4.78, 5) is 20.0. The van der Waals surface area contributed by atoms with Crippen molar-refractivity contribution in [2.45, 2.75) is 31.2 Å². The highest BCUT2D eigenvalue weighted by atomic mass is 79.9. The first kappa shape index (κ1) is 21.9. The quantitative estimate of drug-likeness (QED) is 0.626. The van der Waals surface area contributed by atoms with Crippen molar-refractivity contribution in [3.63, 3.8) is 0 Å². The average Bonchev–Trinajstić information content (AvgIpc) is 2.63. The van der Waals surface area contributed by atoms with Crippen molar-refractivity contribution in [1.29, 1.82) is 0 Å². The molecule has 0 unspecified atom stereocenters. The highest BCUT2D eigenvalue weighted by molar-refractivity contribution is 9.10. The minimum atomic E-state index is -4.80. The van der Waals surface area contributed by atoms with Crippen LogP contribution in [0.2, 0.25) is 0 Å². The minimum absolute atomic E-state index is 0.0128. The molecule has 0 aliphatic carbocycles. The van der Waals surface area contributed by atoms with E-state index in [1.807, 2.05) is 0 Å². The maximum atomic E-state index is 14.5. The Morgan fingerprint density at radius 3 is 2.63 bits per heavy atom. The Bertz CT molecular complexity index is 1010. The lowest BCUT2D eigenvalue weighted by Crippen LogP contribution is -2.46. The van der Waals surface area contributed by atoms with Crippen molar-refractivity contribution in [1.82, 2.24) is 4.98 Å². The maximum Gasteiger partial charge on any atom is 0.425 e. The SMILES string of the molecule is C[C@]1(c2cc(NC(=O)c3ccc(Br)cn3)cc(F)c2F)C[C@@H](C(F)(F)F)OC(N)=N1. The van der Waals surface area contributed by atoms with Gasteiger partial charge in [0, 0.05) is 34.4 Å². The van der Waals surface area contributed by atoms with Gasteiger partial charge in [0.25, 0.3) is 11.9 Å². The summed E-state index contributed by atoms with van der Waals surface area (Å²) in [6, 6.07) is 3.84. The molecule has 3 N–H and O–H groups in total. The van der Waals surface area contributed by atoms with E-state index in [-0.39, 0.29) is 11.4 Å². The smallest absolute Gasteiger partial charge is 0.425 e. The lowest BCUT2D eigenvalue weighted by molar-refractivity contribution is -0.208. The third-order valence-electron chi connectivity index (χ3n) is 4.39. The third-order valence-corrected chi connectivity index (χ3v) is 4.86. The number of nitrogens with two attached hydrogens (primary N) is 1. The second-order valence-electron chi connectivity index (χ2n) is 6.71. The largest absolute Gasteiger partial charge is 0.452 e. The topological polar surface area (TPSA) is 89.6 Å². The lowest BCUT2D eigenvalue weighted by Gasteiger charge is -2.36. The van der Waals surface area contributed by atoms with Gasteiger partial charge in [-0.25, -0.2) is 18.8 Å². The molecule has 1 aliphatic rings. The van der Waals surface area contributed by atoms with E-state index in [0.29, 0.717) is 10.5 Å². The molecule has 1 aromatic heterocycles. The number of benzene rings is 1. The van der Waals surface area contributed by atoms with E-state index in [4.69, 9.17) is 5.73 Å². The molecule has 1 aliphatic heterocycles. The Labute approximate surface area is 175 Å². The lowest BCUT2D eigenvalue weighted by atomic mass is 9.85. The molecule has 0 spiro atoms. The summed E-state index contributed by atoms with van der Waals surface area (Å²) in [7, 11) is 0. The number of rotatable bonds is 3. The molecule has 0 radical (unpaired) electrons. The number of amides is 1. The summed E-state index contributed by atoms with van der Waals surface area (Å²) < 4.78 is 73.3. The molecular weight excluding hydrogens is 479 g/mol. The standard InChI is InChI=1S/C18H14BrF5N4O2/c1-17(6-13(18(22,23)24)30-16(25)28-17)10-4-9(5-11(20)14(10)21)27-15(29)12-3-2-8(19)7-26-12/h2-5,7,13H,6H2,1H3,(H2,25,28)(H,27,29)/t13-,17+/m0/s1. The zero-order valence-electron chi connectivity index (χ0n) is 15.2. The molecule has 1 aromatic carbocycles. The number of ether oxygens (including phenoxy) is 1. The first-order valence-electron chi connectivity index (χ1n) is 8.40. The van der Waals surface area contributed by atoms with Gasteiger partial charge in [0.15, 0.2) is 17.7 Å². The van der Waals surface area contributed by atoms with E-state index in [2.05, 4.69) is 36.0 Å². The van der Waals surface area contributed by atoms with Crippen molar-refractivity contribution in [2.24, 2.45) is 10.7 Å². The van der Waals surface area contributed by atoms with Crippen molar-refractivity contribution >= 4 is 33.5 Å². The van der Waals surface area contributed by atoms with Gasteiger partial charge in [-0.2, -0.15) is 13.2 Å². The number of hydrogen-bond acceptors (Lipinski definition) is 5. The van der Waals surface area contributed by atoms with Crippen LogP contribution < -0.4 is 11.1 Å². The van der Waals surface area contributed by atoms with E-state index in [1.165, 1.54) is 19.2 Å². The van der Waals surface area contributed by atoms with Gasteiger partial charge in [-0.15, -0.1) is 0 Å². The molecule has 2 aromatic rings. The number of pyridine rings is 1. The first-order valence-corrected chi connectivity index (χ1v) is 9.19. The van der Waals surface area contributed by atoms with Crippen molar-refractivity contribution < 1.29 is 31.5 Å². The van der Waals surface area contributed by atoms with E-state index >= 15 is 0 Å². The number of nitrogens with zero attached hydrogens (tertiary/aromatic N) is 2. The molecule has 160 valence electrons. The molecule has 3 rings (SSSR count). The van der Waals surface area contributed by atoms with Gasteiger partial charge in [0.1, 0.15) is 5.69 Å². The third kappa shape index (κ3) is 4.53. The highest BCUT2D eigenvalue weighted by Gasteiger charge is 2.50. The van der Waals surface area contributed by atoms with Crippen LogP contribution in [0.1, 0.15) is 29.4 Å². The number of hydrogen-bond donors (Lipinski definition) is 2. The summed E-state index contributed by atoms with van der Waals surface area (Å²) in [6.07, 6.45) is -6.62. The Balaban J connectivity index is 1.97. The number of aliphatic imine (C=N–C) groups is 1. The van der Waals surface area contributed by atoms with Crippen LogP contribution in [0, 0.1) is 11.6 Å². The fraction of sp³-hybridized carbons (Fsp3) is 0.278. The van der Waals surface area contributed by atoms with E-state index in [9.17, 15) is 26.7 Å². The van der Waals surface area contributed by atoms with Crippen LogP contribution in [0.4, 0.5) is 27.6 Å². The van der Waals surface area contributed by atoms with Gasteiger partial charge in [-0.1, -0.05) is 0 Å². The number of aromatic nitrogens is 1. The molecule has 2 heterocycles. The van der Waals surface area contributed by atoms with Gasteiger partial charge < -0.3 is 15.8 Å². The minimum Gasteiger partial charge on any atom is -0.452 e. The normalized spacial score (nSPS) is 21.6. The molecule has 0 saturated heterocycles. The Morgan fingerprint density at radius 2 is 2.03 bits per heavy atom. The zero-order valence-corrected chi connectivity index (χ0v) is 16.8. The second kappa shape index (κ2) is 7.82. The summed E-state index contributed by atoms with van der Waals surface area (Å²) in [6.45, 7) is 1.17. The fourth-order valence-corrected chi connectivity index (χ4v) is 3.21. The Kier molecular flexibility index (Phi) is 5.72. The monoisotopic (exact) mass is 492 g/mol. The molecule has 30 heavy (non-hydrogen) atoms. The van der Waals surface area contributed by atoms with Crippen LogP contribution in [0.5, 0.6) is 0 Å². The van der Waals surface area contributed by atoms with Gasteiger partial charge in [-0.3, -0.25) is 4.79 Å². The zero-order chi connectivity index (χ0) is 22.3. The van der Waals surface area contributed by atoms with E-state index in [0.717, 1.165) is 6.07 Å². The molecule has 2 atom stereocenters. The number of halogens is 6. The van der Waals surface area contributed by atoms with Crippen molar-refractivity contribution in [3.8, 4) is 0 Å². The second-order valence-corrected chi connectivity index (χ2v) is 7.63. The van der Waals surface area contributed by atoms with Gasteiger partial charge in [0.05, 0.1) is 5.54 Å². The predicted octanol–water partition coefficient (Wildman–Crippen LogP) is 4.26. The molecule has 0 bridgehead atoms. The number of carbonyl (C=O) groups excluding carboxylic acids is 1. The molecule has 12 heteroatoms. The molecule has 6 nitrogen and oxygen atoms in total. The predicted molar refractivity (Wildman–Crippen MR) is 101 cm³/mol. The van der Waals surface area contributed by atoms with Crippen LogP contribution >= 0.6 is 15.9 Å². The molecule has 0 fully saturated rings. The van der Waals surface area contributed by atoms with Crippen LogP contribution in [0.25, 0.3) is 0 Å². The van der Waals surface area contributed by atoms with Crippen molar-refractivity contribution in [2.75, 3.05) is 5.32 Å².